The van der Waals surface area contributed by atoms with Gasteiger partial charge in [0.15, 0.2) is 0 Å². The normalized spacial score (nSPS) is 23.9. The van der Waals surface area contributed by atoms with Gasteiger partial charge in [0.05, 0.1) is 0 Å². The minimum atomic E-state index is -1.21. The van der Waals surface area contributed by atoms with E-state index in [1.165, 1.54) is 28.4 Å². The van der Waals surface area contributed by atoms with Crippen molar-refractivity contribution in [2.45, 2.75) is 34.7 Å². The number of nitrogens with two attached hydrogens (primary N) is 2. The van der Waals surface area contributed by atoms with Crippen LogP contribution in [0.3, 0.4) is 0 Å². The minimum absolute atomic E-state index is 0.0630. The van der Waals surface area contributed by atoms with Crippen LogP contribution in [0.1, 0.15) is 12.8 Å². The molecule has 1 saturated heterocycles. The number of carbonyl (C=O) groups is 3. The summed E-state index contributed by atoms with van der Waals surface area (Å²) in [5.41, 5.74) is 11.4. The molecule has 3 atom stereocenters. The molecule has 134 valence electrons. The Hall–Kier alpha value is -2.12. The molecule has 3 rings (SSSR count). The Kier molecular flexibility index (Phi) is 4.96. The number of aromatic nitrogens is 4. The Morgan fingerprint density at radius 1 is 1.52 bits per heavy atom. The molecule has 11 nitrogen and oxygen atoms in total. The van der Waals surface area contributed by atoms with Crippen LogP contribution >= 0.6 is 23.5 Å². The van der Waals surface area contributed by atoms with Crippen LogP contribution in [0.25, 0.3) is 0 Å². The van der Waals surface area contributed by atoms with Crippen molar-refractivity contribution < 1.29 is 19.5 Å². The third kappa shape index (κ3) is 3.34. The smallest absolute Gasteiger partial charge is 0.352 e. The molecule has 2 aliphatic rings. The van der Waals surface area contributed by atoms with E-state index in [9.17, 15) is 19.5 Å². The topological polar surface area (TPSA) is 181 Å². The van der Waals surface area contributed by atoms with Crippen LogP contribution in [-0.4, -0.2) is 70.8 Å². The number of β-lactam (4-membered cyclic amide) rings is 1. The maximum Gasteiger partial charge on any atom is 0.352 e. The predicted octanol–water partition coefficient (Wildman–Crippen LogP) is -1.49. The first-order chi connectivity index (χ1) is 11.9. The van der Waals surface area contributed by atoms with Crippen molar-refractivity contribution in [1.29, 1.82) is 0 Å². The number of nitrogens with one attached hydrogen (secondary N) is 1. The fourth-order valence-electron chi connectivity index (χ4n) is 2.69. The summed E-state index contributed by atoms with van der Waals surface area (Å²) >= 11 is 2.56. The van der Waals surface area contributed by atoms with E-state index >= 15 is 0 Å². The van der Waals surface area contributed by atoms with Gasteiger partial charge in [0.25, 0.3) is 0 Å². The van der Waals surface area contributed by atoms with E-state index in [0.29, 0.717) is 22.9 Å². The largest absolute Gasteiger partial charge is 0.477 e. The number of aromatic amines is 1. The summed E-state index contributed by atoms with van der Waals surface area (Å²) in [7, 11) is 0. The number of fused-ring (bicyclic) bond motifs is 1. The highest BCUT2D eigenvalue weighted by molar-refractivity contribution is 8.01. The van der Waals surface area contributed by atoms with E-state index < -0.39 is 29.1 Å². The Balaban J connectivity index is 1.94. The number of thioether (sulfide) groups is 2. The average Bonchev–Trinajstić information content (AvgIpc) is 3.09. The van der Waals surface area contributed by atoms with Gasteiger partial charge in [-0.3, -0.25) is 14.5 Å². The maximum absolute atomic E-state index is 12.0. The molecule has 0 radical (unpaired) electrons. The quantitative estimate of drug-likeness (QED) is 0.319. The van der Waals surface area contributed by atoms with Crippen molar-refractivity contribution in [3.8, 4) is 0 Å². The number of hydrogen-bond donors (Lipinski definition) is 4. The van der Waals surface area contributed by atoms with Crippen molar-refractivity contribution in [3.63, 3.8) is 0 Å². The van der Waals surface area contributed by atoms with Crippen molar-refractivity contribution in [1.82, 2.24) is 25.5 Å². The van der Waals surface area contributed by atoms with Crippen LogP contribution < -0.4 is 11.5 Å². The zero-order valence-corrected chi connectivity index (χ0v) is 14.4. The lowest BCUT2D eigenvalue weighted by atomic mass is 10.0. The first kappa shape index (κ1) is 17.7. The molecular weight excluding hydrogens is 370 g/mol. The van der Waals surface area contributed by atoms with Crippen molar-refractivity contribution >= 4 is 41.3 Å². The van der Waals surface area contributed by atoms with Crippen LogP contribution in [-0.2, 0) is 14.4 Å². The summed E-state index contributed by atoms with van der Waals surface area (Å²) < 4.78 is 0. The molecular formula is C12H15N7O4S2. The van der Waals surface area contributed by atoms with Gasteiger partial charge in [0, 0.05) is 17.4 Å². The van der Waals surface area contributed by atoms with E-state index in [1.807, 2.05) is 0 Å². The van der Waals surface area contributed by atoms with Crippen molar-refractivity contribution in [3.05, 3.63) is 11.3 Å². The highest BCUT2D eigenvalue weighted by Crippen LogP contribution is 2.43. The lowest BCUT2D eigenvalue weighted by Crippen LogP contribution is -2.68. The number of carbonyl (C=O) groups excluding carboxylic acids is 2. The molecule has 6 N–H and O–H groups in total. The van der Waals surface area contributed by atoms with E-state index in [2.05, 4.69) is 20.6 Å². The molecule has 3 heterocycles. The summed E-state index contributed by atoms with van der Waals surface area (Å²) in [6.07, 6.45) is 0.355. The van der Waals surface area contributed by atoms with E-state index in [4.69, 9.17) is 11.5 Å². The molecule has 2 unspecified atom stereocenters. The number of H-pyrrole nitrogens is 1. The molecule has 0 aromatic carbocycles. The molecule has 1 fully saturated rings. The zero-order chi connectivity index (χ0) is 18.1. The SMILES string of the molecule is NC(=O)CCC(Sc1nn[nH]n1)C1=C(C(=O)O)N2C(=O)C(N)[C@H]2SC1. The fraction of sp³-hybridized carbons (Fsp3) is 0.500. The van der Waals surface area contributed by atoms with Gasteiger partial charge in [0.2, 0.25) is 17.0 Å². The highest BCUT2D eigenvalue weighted by Gasteiger charge is 2.52. The van der Waals surface area contributed by atoms with Gasteiger partial charge >= 0.3 is 5.97 Å². The van der Waals surface area contributed by atoms with Gasteiger partial charge in [-0.25, -0.2) is 4.79 Å². The van der Waals surface area contributed by atoms with Crippen LogP contribution in [0.2, 0.25) is 0 Å². The van der Waals surface area contributed by atoms with E-state index in [0.717, 1.165) is 0 Å². The van der Waals surface area contributed by atoms with Crippen LogP contribution in [0.15, 0.2) is 16.4 Å². The molecule has 1 aromatic heterocycles. The molecule has 13 heteroatoms. The number of amides is 2. The highest BCUT2D eigenvalue weighted by atomic mass is 32.2. The van der Waals surface area contributed by atoms with Gasteiger partial charge in [-0.1, -0.05) is 11.8 Å². The third-order valence-corrected chi connectivity index (χ3v) is 6.37. The first-order valence-electron chi connectivity index (χ1n) is 7.25. The molecule has 1 aromatic rings. The van der Waals surface area contributed by atoms with E-state index in [-0.39, 0.29) is 17.5 Å². The lowest BCUT2D eigenvalue weighted by molar-refractivity contribution is -0.148. The standard InChI is InChI=1S/C12H15N7O4S2/c13-6(20)2-1-5(25-12-15-17-18-16-12)4-3-24-10-7(14)9(21)19(10)8(4)11(22)23/h5,7,10H,1-3,14H2,(H2,13,20)(H,22,23)(H,15,16,17,18)/t5?,7?,10-/m1/s1. The Morgan fingerprint density at radius 3 is 2.88 bits per heavy atom. The molecule has 0 aliphatic carbocycles. The number of aliphatic carboxylic acids is 1. The minimum Gasteiger partial charge on any atom is -0.477 e. The van der Waals surface area contributed by atoms with Crippen molar-refractivity contribution in [2.75, 3.05) is 5.75 Å². The summed E-state index contributed by atoms with van der Waals surface area (Å²) in [4.78, 5) is 36.2. The monoisotopic (exact) mass is 385 g/mol. The number of rotatable bonds is 7. The van der Waals surface area contributed by atoms with Crippen molar-refractivity contribution in [2.24, 2.45) is 11.5 Å². The van der Waals surface area contributed by atoms with Gasteiger partial charge in [-0.2, -0.15) is 5.21 Å². The second kappa shape index (κ2) is 7.01. The Morgan fingerprint density at radius 2 is 2.28 bits per heavy atom. The molecule has 0 bridgehead atoms. The van der Waals surface area contributed by atoms with E-state index in [1.54, 1.807) is 0 Å². The second-order valence-corrected chi connectivity index (χ2v) is 7.70. The van der Waals surface area contributed by atoms with Crippen LogP contribution in [0.4, 0.5) is 0 Å². The molecule has 2 amide bonds. The summed E-state index contributed by atoms with van der Waals surface area (Å²) in [6, 6.07) is -0.699. The first-order valence-corrected chi connectivity index (χ1v) is 9.18. The summed E-state index contributed by atoms with van der Waals surface area (Å²) in [6.45, 7) is 0. The summed E-state index contributed by atoms with van der Waals surface area (Å²) in [5.74, 6) is -1.76. The van der Waals surface area contributed by atoms with Gasteiger partial charge < -0.3 is 16.6 Å². The van der Waals surface area contributed by atoms with Crippen LogP contribution in [0.5, 0.6) is 0 Å². The number of carboxylic acids is 1. The number of carboxylic acid groups (broad SMARTS) is 1. The average molecular weight is 385 g/mol. The summed E-state index contributed by atoms with van der Waals surface area (Å²) in [5, 5.41) is 22.6. The van der Waals surface area contributed by atoms with Crippen LogP contribution in [0, 0.1) is 0 Å². The maximum atomic E-state index is 12.0. The van der Waals surface area contributed by atoms with Gasteiger partial charge in [-0.05, 0) is 17.2 Å². The predicted molar refractivity (Wildman–Crippen MR) is 88.0 cm³/mol. The number of primary amides is 1. The molecule has 2 aliphatic heterocycles. The molecule has 0 saturated carbocycles. The number of nitrogens with zero attached hydrogens (tertiary/aromatic N) is 4. The second-order valence-electron chi connectivity index (χ2n) is 5.42. The Labute approximate surface area is 149 Å². The molecule has 0 spiro atoms. The number of hydrogen-bond acceptors (Lipinski definition) is 9. The Bertz CT molecular complexity index is 738. The lowest BCUT2D eigenvalue weighted by Gasteiger charge is -2.48. The molecule has 25 heavy (non-hydrogen) atoms. The third-order valence-electron chi connectivity index (χ3n) is 3.86. The fourth-order valence-corrected chi connectivity index (χ4v) is 5.18. The van der Waals surface area contributed by atoms with Gasteiger partial charge in [0.1, 0.15) is 17.1 Å². The zero-order valence-electron chi connectivity index (χ0n) is 12.8. The van der Waals surface area contributed by atoms with Gasteiger partial charge in [-0.15, -0.1) is 22.0 Å². The number of tetrazole rings is 1.